The molecule has 0 bridgehead atoms. The van der Waals surface area contributed by atoms with Gasteiger partial charge in [-0.05, 0) is 31.2 Å². The molecule has 1 rings (SSSR count). The summed E-state index contributed by atoms with van der Waals surface area (Å²) in [4.78, 5) is 0. The normalized spacial score (nSPS) is 10.5. The van der Waals surface area contributed by atoms with Gasteiger partial charge in [0.05, 0.1) is 0 Å². The molecule has 0 aliphatic heterocycles. The van der Waals surface area contributed by atoms with Gasteiger partial charge >= 0.3 is 0 Å². The van der Waals surface area contributed by atoms with Gasteiger partial charge in [-0.1, -0.05) is 36.8 Å². The van der Waals surface area contributed by atoms with Crippen LogP contribution in [0.25, 0.3) is 0 Å². The molecule has 0 aliphatic carbocycles. The molecule has 1 N–H and O–H groups in total. The highest BCUT2D eigenvalue weighted by Crippen LogP contribution is 2.03. The van der Waals surface area contributed by atoms with Crippen LogP contribution in [0, 0.1) is 6.92 Å². The molecule has 1 aromatic rings. The molecule has 0 unspecified atom stereocenters. The molecule has 0 saturated heterocycles. The van der Waals surface area contributed by atoms with Crippen LogP contribution in [0.3, 0.4) is 0 Å². The minimum absolute atomic E-state index is 1.09. The summed E-state index contributed by atoms with van der Waals surface area (Å²) < 4.78 is 0. The van der Waals surface area contributed by atoms with E-state index in [1.54, 1.807) is 0 Å². The van der Waals surface area contributed by atoms with Crippen LogP contribution in [0.1, 0.15) is 18.1 Å². The molecule has 0 amide bonds. The summed E-state index contributed by atoms with van der Waals surface area (Å²) in [6.45, 7) is 6.57. The van der Waals surface area contributed by atoms with Crippen molar-refractivity contribution in [3.8, 4) is 0 Å². The molecule has 0 fully saturated rings. The topological polar surface area (TPSA) is 12.0 Å². The fourth-order valence-corrected chi connectivity index (χ4v) is 2.09. The summed E-state index contributed by atoms with van der Waals surface area (Å²) in [5.74, 6) is 2.45. The van der Waals surface area contributed by atoms with Crippen molar-refractivity contribution in [3.05, 3.63) is 35.4 Å². The Hall–Kier alpha value is -0.470. The molecule has 0 aromatic heterocycles. The number of thioether (sulfide) groups is 1. The average molecular weight is 223 g/mol. The Bertz CT molecular complexity index is 273. The van der Waals surface area contributed by atoms with E-state index in [9.17, 15) is 0 Å². The van der Waals surface area contributed by atoms with Crippen LogP contribution in [0.15, 0.2) is 24.3 Å². The molecule has 1 aromatic carbocycles. The standard InChI is InChI=1S/C13H21NS/c1-3-15-10-9-14-8-7-13-6-4-5-12(2)11-13/h4-6,11,14H,3,7-10H2,1-2H3. The van der Waals surface area contributed by atoms with Gasteiger partial charge in [-0.3, -0.25) is 0 Å². The van der Waals surface area contributed by atoms with E-state index in [0.29, 0.717) is 0 Å². The van der Waals surface area contributed by atoms with Gasteiger partial charge in [-0.25, -0.2) is 0 Å². The predicted octanol–water partition coefficient (Wildman–Crippen LogP) is 2.88. The Morgan fingerprint density at radius 3 is 2.87 bits per heavy atom. The van der Waals surface area contributed by atoms with E-state index in [0.717, 1.165) is 19.5 Å². The molecule has 15 heavy (non-hydrogen) atoms. The van der Waals surface area contributed by atoms with E-state index in [-0.39, 0.29) is 0 Å². The lowest BCUT2D eigenvalue weighted by atomic mass is 10.1. The molecule has 0 aliphatic rings. The van der Waals surface area contributed by atoms with Crippen molar-refractivity contribution in [1.82, 2.24) is 5.32 Å². The average Bonchev–Trinajstić information content (AvgIpc) is 2.23. The largest absolute Gasteiger partial charge is 0.316 e. The van der Waals surface area contributed by atoms with Gasteiger partial charge in [0.15, 0.2) is 0 Å². The Balaban J connectivity index is 2.10. The first-order valence-corrected chi connectivity index (χ1v) is 6.82. The van der Waals surface area contributed by atoms with Crippen LogP contribution < -0.4 is 5.32 Å². The first kappa shape index (κ1) is 12.6. The van der Waals surface area contributed by atoms with Crippen LogP contribution >= 0.6 is 11.8 Å². The number of benzene rings is 1. The first-order chi connectivity index (χ1) is 7.33. The monoisotopic (exact) mass is 223 g/mol. The zero-order valence-electron chi connectivity index (χ0n) is 9.75. The quantitative estimate of drug-likeness (QED) is 0.713. The van der Waals surface area contributed by atoms with E-state index in [2.05, 4.69) is 43.4 Å². The van der Waals surface area contributed by atoms with E-state index in [1.165, 1.54) is 22.6 Å². The highest BCUT2D eigenvalue weighted by Gasteiger charge is 1.93. The van der Waals surface area contributed by atoms with Gasteiger partial charge in [0.25, 0.3) is 0 Å². The summed E-state index contributed by atoms with van der Waals surface area (Å²) in [5.41, 5.74) is 2.79. The molecule has 0 saturated carbocycles. The third kappa shape index (κ3) is 5.85. The Kier molecular flexibility index (Phi) is 6.53. The van der Waals surface area contributed by atoms with Gasteiger partial charge in [0.2, 0.25) is 0 Å². The predicted molar refractivity (Wildman–Crippen MR) is 70.8 cm³/mol. The molecule has 0 radical (unpaired) electrons. The second-order valence-electron chi connectivity index (χ2n) is 3.69. The van der Waals surface area contributed by atoms with Crippen LogP contribution in [0.5, 0.6) is 0 Å². The van der Waals surface area contributed by atoms with Gasteiger partial charge in [0, 0.05) is 12.3 Å². The number of aryl methyl sites for hydroxylation is 1. The summed E-state index contributed by atoms with van der Waals surface area (Å²) in [5, 5.41) is 3.47. The summed E-state index contributed by atoms with van der Waals surface area (Å²) >= 11 is 1.99. The number of rotatable bonds is 7. The highest BCUT2D eigenvalue weighted by molar-refractivity contribution is 7.99. The molecular formula is C13H21NS. The van der Waals surface area contributed by atoms with Gasteiger partial charge in [-0.15, -0.1) is 0 Å². The van der Waals surface area contributed by atoms with Gasteiger partial charge in [-0.2, -0.15) is 11.8 Å². The number of hydrogen-bond acceptors (Lipinski definition) is 2. The van der Waals surface area contributed by atoms with Crippen LogP contribution in [0.4, 0.5) is 0 Å². The highest BCUT2D eigenvalue weighted by atomic mass is 32.2. The smallest absolute Gasteiger partial charge is 0.00580 e. The van der Waals surface area contributed by atoms with Crippen molar-refractivity contribution < 1.29 is 0 Å². The summed E-state index contributed by atoms with van der Waals surface area (Å²) in [6.07, 6.45) is 1.14. The number of nitrogens with one attached hydrogen (secondary N) is 1. The number of hydrogen-bond donors (Lipinski definition) is 1. The lowest BCUT2D eigenvalue weighted by Crippen LogP contribution is -2.20. The third-order valence-electron chi connectivity index (χ3n) is 2.30. The Labute approximate surface area is 97.7 Å². The van der Waals surface area contributed by atoms with Crippen molar-refractivity contribution in [3.63, 3.8) is 0 Å². The van der Waals surface area contributed by atoms with E-state index >= 15 is 0 Å². The Morgan fingerprint density at radius 1 is 1.27 bits per heavy atom. The fourth-order valence-electron chi connectivity index (χ4n) is 1.51. The minimum atomic E-state index is 1.09. The second kappa shape index (κ2) is 7.77. The molecule has 1 nitrogen and oxygen atoms in total. The third-order valence-corrected chi connectivity index (χ3v) is 3.20. The van der Waals surface area contributed by atoms with Gasteiger partial charge < -0.3 is 5.32 Å². The molecule has 0 atom stereocenters. The lowest BCUT2D eigenvalue weighted by Gasteiger charge is -2.04. The molecule has 0 spiro atoms. The summed E-state index contributed by atoms with van der Waals surface area (Å²) in [7, 11) is 0. The molecule has 0 heterocycles. The van der Waals surface area contributed by atoms with Crippen LogP contribution in [-0.4, -0.2) is 24.6 Å². The molecule has 84 valence electrons. The second-order valence-corrected chi connectivity index (χ2v) is 5.08. The SMILES string of the molecule is CCSCCNCCc1cccc(C)c1. The van der Waals surface area contributed by atoms with E-state index < -0.39 is 0 Å². The van der Waals surface area contributed by atoms with E-state index in [4.69, 9.17) is 0 Å². The zero-order valence-corrected chi connectivity index (χ0v) is 10.6. The Morgan fingerprint density at radius 2 is 2.13 bits per heavy atom. The lowest BCUT2D eigenvalue weighted by molar-refractivity contribution is 0.721. The maximum absolute atomic E-state index is 3.47. The molecular weight excluding hydrogens is 202 g/mol. The fraction of sp³-hybridized carbons (Fsp3) is 0.538. The maximum atomic E-state index is 3.47. The summed E-state index contributed by atoms with van der Waals surface area (Å²) in [6, 6.07) is 8.75. The van der Waals surface area contributed by atoms with Crippen molar-refractivity contribution in [2.45, 2.75) is 20.3 Å². The molecule has 2 heteroatoms. The van der Waals surface area contributed by atoms with E-state index in [1.807, 2.05) is 11.8 Å². The van der Waals surface area contributed by atoms with Crippen molar-refractivity contribution in [1.29, 1.82) is 0 Å². The van der Waals surface area contributed by atoms with Gasteiger partial charge in [0.1, 0.15) is 0 Å². The van der Waals surface area contributed by atoms with Crippen molar-refractivity contribution in [2.24, 2.45) is 0 Å². The van der Waals surface area contributed by atoms with Crippen molar-refractivity contribution >= 4 is 11.8 Å². The zero-order chi connectivity index (χ0) is 10.9. The first-order valence-electron chi connectivity index (χ1n) is 5.67. The van der Waals surface area contributed by atoms with Crippen LogP contribution in [-0.2, 0) is 6.42 Å². The maximum Gasteiger partial charge on any atom is 0.00580 e. The van der Waals surface area contributed by atoms with Crippen LogP contribution in [0.2, 0.25) is 0 Å². The van der Waals surface area contributed by atoms with Crippen molar-refractivity contribution in [2.75, 3.05) is 24.6 Å². The minimum Gasteiger partial charge on any atom is -0.316 e.